The number of amides is 1. The number of aromatic nitrogens is 2. The summed E-state index contributed by atoms with van der Waals surface area (Å²) in [7, 11) is -4.06. The molecule has 0 fully saturated rings. The summed E-state index contributed by atoms with van der Waals surface area (Å²) in [6, 6.07) is -1.43. The molecule has 0 spiro atoms. The van der Waals surface area contributed by atoms with Crippen LogP contribution in [0.5, 0.6) is 0 Å². The zero-order valence-corrected chi connectivity index (χ0v) is 11.6. The van der Waals surface area contributed by atoms with E-state index in [1.165, 1.54) is 17.1 Å². The third kappa shape index (κ3) is 4.31. The van der Waals surface area contributed by atoms with Crippen LogP contribution in [0.25, 0.3) is 0 Å². The van der Waals surface area contributed by atoms with E-state index >= 15 is 0 Å². The van der Waals surface area contributed by atoms with Gasteiger partial charge in [-0.1, -0.05) is 0 Å². The van der Waals surface area contributed by atoms with Gasteiger partial charge < -0.3 is 15.4 Å². The number of carbonyl (C=O) groups is 2. The Morgan fingerprint density at radius 2 is 2.20 bits per heavy atom. The van der Waals surface area contributed by atoms with Gasteiger partial charge in [-0.05, 0) is 13.3 Å². The zero-order valence-electron chi connectivity index (χ0n) is 10.8. The first-order chi connectivity index (χ1) is 9.26. The highest BCUT2D eigenvalue weighted by Gasteiger charge is 2.27. The fourth-order valence-corrected chi connectivity index (χ4v) is 2.59. The van der Waals surface area contributed by atoms with Crippen LogP contribution >= 0.6 is 0 Å². The highest BCUT2D eigenvalue weighted by Crippen LogP contribution is 2.08. The molecule has 20 heavy (non-hydrogen) atoms. The normalized spacial score (nSPS) is 13.1. The van der Waals surface area contributed by atoms with E-state index in [-0.39, 0.29) is 17.9 Å². The Balaban J connectivity index is 2.85. The van der Waals surface area contributed by atoms with E-state index in [4.69, 9.17) is 10.8 Å². The molecule has 1 aromatic rings. The Labute approximate surface area is 115 Å². The number of aryl methyl sites for hydroxylation is 1. The van der Waals surface area contributed by atoms with E-state index in [0.717, 1.165) is 0 Å². The van der Waals surface area contributed by atoms with Crippen molar-refractivity contribution in [1.29, 1.82) is 0 Å². The van der Waals surface area contributed by atoms with E-state index in [1.54, 1.807) is 6.92 Å². The van der Waals surface area contributed by atoms with Gasteiger partial charge in [-0.25, -0.2) is 13.4 Å². The van der Waals surface area contributed by atoms with Crippen LogP contribution < -0.4 is 10.5 Å². The number of imidazole rings is 1. The Bertz CT molecular complexity index is 595. The van der Waals surface area contributed by atoms with Crippen molar-refractivity contribution in [2.75, 3.05) is 0 Å². The summed E-state index contributed by atoms with van der Waals surface area (Å²) in [6.45, 7) is 2.34. The number of sulfonamides is 1. The molecule has 1 heterocycles. The Kier molecular flexibility index (Phi) is 5.22. The number of hydrogen-bond donors (Lipinski definition) is 3. The lowest BCUT2D eigenvalue weighted by Gasteiger charge is -2.12. The number of nitrogens with one attached hydrogen (secondary N) is 1. The van der Waals surface area contributed by atoms with Crippen molar-refractivity contribution in [2.24, 2.45) is 5.73 Å². The summed E-state index contributed by atoms with van der Waals surface area (Å²) >= 11 is 0. The summed E-state index contributed by atoms with van der Waals surface area (Å²) in [4.78, 5) is 25.3. The van der Waals surface area contributed by atoms with Crippen molar-refractivity contribution in [3.8, 4) is 0 Å². The van der Waals surface area contributed by atoms with Crippen molar-refractivity contribution in [1.82, 2.24) is 14.3 Å². The van der Waals surface area contributed by atoms with Crippen LogP contribution in [0.15, 0.2) is 17.6 Å². The van der Waals surface area contributed by atoms with Gasteiger partial charge in [-0.3, -0.25) is 9.59 Å². The molecular weight excluding hydrogens is 288 g/mol. The monoisotopic (exact) mass is 304 g/mol. The fraction of sp³-hybridized carbons (Fsp3) is 0.500. The van der Waals surface area contributed by atoms with Crippen LogP contribution in [-0.4, -0.2) is 41.0 Å². The number of primary amides is 1. The molecule has 1 amide bonds. The minimum absolute atomic E-state index is 0.224. The summed E-state index contributed by atoms with van der Waals surface area (Å²) in [5, 5.41) is 8.67. The lowest BCUT2D eigenvalue weighted by molar-refractivity contribution is -0.139. The molecule has 0 saturated carbocycles. The highest BCUT2D eigenvalue weighted by molar-refractivity contribution is 7.89. The van der Waals surface area contributed by atoms with Crippen molar-refractivity contribution in [2.45, 2.75) is 37.4 Å². The number of carbonyl (C=O) groups excluding carboxylic acids is 1. The van der Waals surface area contributed by atoms with E-state index in [1.807, 2.05) is 4.72 Å². The van der Waals surface area contributed by atoms with Crippen molar-refractivity contribution in [3.63, 3.8) is 0 Å². The molecule has 0 aromatic carbocycles. The molecule has 0 radical (unpaired) electrons. The highest BCUT2D eigenvalue weighted by atomic mass is 32.2. The first kappa shape index (κ1) is 16.1. The van der Waals surface area contributed by atoms with Gasteiger partial charge >= 0.3 is 5.97 Å². The van der Waals surface area contributed by atoms with Crippen molar-refractivity contribution < 1.29 is 23.1 Å². The summed E-state index contributed by atoms with van der Waals surface area (Å²) < 4.78 is 27.4. The van der Waals surface area contributed by atoms with E-state index in [0.29, 0.717) is 6.54 Å². The van der Waals surface area contributed by atoms with E-state index in [2.05, 4.69) is 4.98 Å². The summed E-state index contributed by atoms with van der Waals surface area (Å²) in [5.41, 5.74) is 4.91. The molecule has 112 valence electrons. The number of carboxylic acid groups (broad SMARTS) is 1. The van der Waals surface area contributed by atoms with Crippen LogP contribution in [0, 0.1) is 0 Å². The van der Waals surface area contributed by atoms with Crippen molar-refractivity contribution in [3.05, 3.63) is 12.5 Å². The minimum Gasteiger partial charge on any atom is -0.480 e. The van der Waals surface area contributed by atoms with Gasteiger partial charge in [0.15, 0.2) is 5.03 Å². The maximum absolute atomic E-state index is 12.0. The molecule has 0 aliphatic carbocycles. The topological polar surface area (TPSA) is 144 Å². The van der Waals surface area contributed by atoms with Gasteiger partial charge in [0.1, 0.15) is 6.04 Å². The maximum atomic E-state index is 12.0. The predicted octanol–water partition coefficient (Wildman–Crippen LogP) is -1.10. The van der Waals surface area contributed by atoms with Gasteiger partial charge in [0.2, 0.25) is 5.91 Å². The first-order valence-electron chi connectivity index (χ1n) is 5.81. The predicted molar refractivity (Wildman–Crippen MR) is 68.1 cm³/mol. The molecule has 0 aliphatic rings. The molecule has 4 N–H and O–H groups in total. The van der Waals surface area contributed by atoms with Gasteiger partial charge in [-0.15, -0.1) is 0 Å². The van der Waals surface area contributed by atoms with Gasteiger partial charge in [0.05, 0.1) is 6.33 Å². The Morgan fingerprint density at radius 1 is 1.55 bits per heavy atom. The zero-order chi connectivity index (χ0) is 15.3. The molecule has 0 bridgehead atoms. The largest absolute Gasteiger partial charge is 0.480 e. The second-order valence-corrected chi connectivity index (χ2v) is 5.72. The molecule has 1 aromatic heterocycles. The number of nitrogens with zero attached hydrogens (tertiary/aromatic N) is 2. The number of rotatable bonds is 8. The van der Waals surface area contributed by atoms with Crippen LogP contribution in [0.4, 0.5) is 0 Å². The van der Waals surface area contributed by atoms with Gasteiger partial charge in [-0.2, -0.15) is 4.72 Å². The van der Waals surface area contributed by atoms with Gasteiger partial charge in [0, 0.05) is 19.2 Å². The van der Waals surface area contributed by atoms with Crippen molar-refractivity contribution >= 4 is 21.9 Å². The molecule has 0 saturated heterocycles. The lowest BCUT2D eigenvalue weighted by Crippen LogP contribution is -2.41. The Hall–Kier alpha value is -1.94. The van der Waals surface area contributed by atoms with E-state index in [9.17, 15) is 18.0 Å². The van der Waals surface area contributed by atoms with E-state index < -0.39 is 27.9 Å². The average molecular weight is 304 g/mol. The van der Waals surface area contributed by atoms with Crippen LogP contribution in [0.2, 0.25) is 0 Å². The molecule has 10 heteroatoms. The second kappa shape index (κ2) is 6.48. The first-order valence-corrected chi connectivity index (χ1v) is 7.29. The molecule has 1 atom stereocenters. The maximum Gasteiger partial charge on any atom is 0.321 e. The molecule has 0 unspecified atom stereocenters. The lowest BCUT2D eigenvalue weighted by atomic mass is 10.2. The number of nitrogens with two attached hydrogens (primary N) is 1. The molecule has 9 nitrogen and oxygen atoms in total. The van der Waals surface area contributed by atoms with Crippen LogP contribution in [0.3, 0.4) is 0 Å². The summed E-state index contributed by atoms with van der Waals surface area (Å²) in [5.74, 6) is -2.09. The third-order valence-electron chi connectivity index (χ3n) is 2.52. The summed E-state index contributed by atoms with van der Waals surface area (Å²) in [6.07, 6.45) is 2.16. The second-order valence-electron chi connectivity index (χ2n) is 4.06. The SMILES string of the molecule is CCn1cnc(S(=O)(=O)N[C@@H](CCC(N)=O)C(=O)O)c1. The fourth-order valence-electron chi connectivity index (χ4n) is 1.42. The molecular formula is C10H16N4O5S. The quantitative estimate of drug-likeness (QED) is 0.556. The van der Waals surface area contributed by atoms with Gasteiger partial charge in [0.25, 0.3) is 10.0 Å². The number of hydrogen-bond acceptors (Lipinski definition) is 5. The molecule has 0 aliphatic heterocycles. The van der Waals surface area contributed by atoms with Crippen LogP contribution in [-0.2, 0) is 26.2 Å². The minimum atomic E-state index is -4.06. The Morgan fingerprint density at radius 3 is 2.65 bits per heavy atom. The number of aliphatic carboxylic acids is 1. The van der Waals surface area contributed by atoms with Crippen LogP contribution in [0.1, 0.15) is 19.8 Å². The third-order valence-corrected chi connectivity index (χ3v) is 3.88. The number of carboxylic acids is 1. The average Bonchev–Trinajstić information content (AvgIpc) is 2.83. The smallest absolute Gasteiger partial charge is 0.321 e. The molecule has 1 rings (SSSR count). The standard InChI is InChI=1S/C10H16N4O5S/c1-2-14-5-9(12-6-14)20(18,19)13-7(10(16)17)3-4-8(11)15/h5-7,13H,2-4H2,1H3,(H2,11,15)(H,16,17)/t7-/m0/s1.